The van der Waals surface area contributed by atoms with Crippen LogP contribution in [0.25, 0.3) is 6.08 Å². The summed E-state index contributed by atoms with van der Waals surface area (Å²) in [4.78, 5) is 28.1. The summed E-state index contributed by atoms with van der Waals surface area (Å²) in [6.45, 7) is 2.53. The molecule has 6 nitrogen and oxygen atoms in total. The molecule has 0 aromatic heterocycles. The molecule has 1 fully saturated rings. The van der Waals surface area contributed by atoms with Crippen molar-refractivity contribution in [2.24, 2.45) is 0 Å². The maximum atomic E-state index is 13.5. The first-order valence-corrected chi connectivity index (χ1v) is 15.4. The number of hydrogen-bond acceptors (Lipinski definition) is 6. The Bertz CT molecular complexity index is 1750. The lowest BCUT2D eigenvalue weighted by Crippen LogP contribution is -2.27. The van der Waals surface area contributed by atoms with E-state index in [2.05, 4.69) is 21.2 Å². The summed E-state index contributed by atoms with van der Waals surface area (Å²) in [6.07, 6.45) is 1.73. The highest BCUT2D eigenvalue weighted by Crippen LogP contribution is 2.41. The Kier molecular flexibility index (Phi) is 9.82. The lowest BCUT2D eigenvalue weighted by Gasteiger charge is -2.16. The van der Waals surface area contributed by atoms with E-state index in [-0.39, 0.29) is 12.5 Å². The van der Waals surface area contributed by atoms with Crippen LogP contribution in [0.5, 0.6) is 11.5 Å². The minimum absolute atomic E-state index is 0.247. The fourth-order valence-electron chi connectivity index (χ4n) is 4.20. The molecule has 4 aromatic carbocycles. The van der Waals surface area contributed by atoms with Gasteiger partial charge in [-0.15, -0.1) is 0 Å². The standard InChI is InChI=1S/C32H23BrClFN2O4S2/c1-2-40-27-15-19(14-25(33)29(27)41-18-21-6-3-4-9-26(21)34)16-28-31(39)37(32(42)43-28)24-8-5-7-20(17-24)30(38)36-23-12-10-22(35)11-13-23/h3-17H,2,18H2,1H3,(H,36,38)/b28-16+. The molecule has 43 heavy (non-hydrogen) atoms. The third-order valence-corrected chi connectivity index (χ3v) is 8.48. The molecule has 0 bridgehead atoms. The van der Waals surface area contributed by atoms with Gasteiger partial charge in [0, 0.05) is 21.8 Å². The van der Waals surface area contributed by atoms with E-state index in [0.29, 0.717) is 59.3 Å². The average molecular weight is 698 g/mol. The molecule has 218 valence electrons. The summed E-state index contributed by atoms with van der Waals surface area (Å²) in [5.41, 5.74) is 2.76. The lowest BCUT2D eigenvalue weighted by molar-refractivity contribution is -0.113. The van der Waals surface area contributed by atoms with Crippen LogP contribution in [-0.4, -0.2) is 22.7 Å². The highest BCUT2D eigenvalue weighted by atomic mass is 79.9. The van der Waals surface area contributed by atoms with E-state index in [1.165, 1.54) is 29.2 Å². The number of nitrogens with zero attached hydrogens (tertiary/aromatic N) is 1. The lowest BCUT2D eigenvalue weighted by atomic mass is 10.1. The first-order valence-electron chi connectivity index (χ1n) is 13.0. The number of hydrogen-bond donors (Lipinski definition) is 1. The van der Waals surface area contributed by atoms with E-state index in [4.69, 9.17) is 33.3 Å². The van der Waals surface area contributed by atoms with Crippen molar-refractivity contribution in [1.82, 2.24) is 0 Å². The van der Waals surface area contributed by atoms with Crippen LogP contribution in [0.1, 0.15) is 28.4 Å². The van der Waals surface area contributed by atoms with Crippen molar-refractivity contribution in [2.75, 3.05) is 16.8 Å². The Morgan fingerprint density at radius 1 is 1.07 bits per heavy atom. The zero-order chi connectivity index (χ0) is 30.5. The molecule has 2 amide bonds. The number of carbonyl (C=O) groups excluding carboxylic acids is 2. The van der Waals surface area contributed by atoms with E-state index in [0.717, 1.165) is 17.3 Å². The zero-order valence-corrected chi connectivity index (χ0v) is 26.6. The Labute approximate surface area is 271 Å². The van der Waals surface area contributed by atoms with Crippen molar-refractivity contribution in [3.63, 3.8) is 0 Å². The fourth-order valence-corrected chi connectivity index (χ4v) is 6.27. The summed E-state index contributed by atoms with van der Waals surface area (Å²) < 4.78 is 26.1. The van der Waals surface area contributed by atoms with Crippen LogP contribution in [0, 0.1) is 5.82 Å². The summed E-state index contributed by atoms with van der Waals surface area (Å²) in [6, 6.07) is 23.1. The third kappa shape index (κ3) is 7.27. The van der Waals surface area contributed by atoms with Gasteiger partial charge in [-0.3, -0.25) is 14.5 Å². The minimum atomic E-state index is -0.403. The van der Waals surface area contributed by atoms with Crippen LogP contribution in [0.15, 0.2) is 94.3 Å². The fraction of sp³-hybridized carbons (Fsp3) is 0.0938. The topological polar surface area (TPSA) is 67.9 Å². The number of nitrogens with one attached hydrogen (secondary N) is 1. The van der Waals surface area contributed by atoms with E-state index < -0.39 is 11.7 Å². The van der Waals surface area contributed by atoms with Gasteiger partial charge in [-0.05, 0) is 95.2 Å². The maximum Gasteiger partial charge on any atom is 0.270 e. The molecule has 1 aliphatic heterocycles. The number of thiocarbonyl (C=S) groups is 1. The van der Waals surface area contributed by atoms with E-state index in [1.807, 2.05) is 31.2 Å². The van der Waals surface area contributed by atoms with E-state index >= 15 is 0 Å². The Hall–Kier alpha value is -3.70. The van der Waals surface area contributed by atoms with Gasteiger partial charge in [-0.2, -0.15) is 0 Å². The highest BCUT2D eigenvalue weighted by Gasteiger charge is 2.33. The number of rotatable bonds is 9. The largest absolute Gasteiger partial charge is 0.490 e. The van der Waals surface area contributed by atoms with Gasteiger partial charge in [-0.1, -0.05) is 59.8 Å². The van der Waals surface area contributed by atoms with Crippen LogP contribution < -0.4 is 19.7 Å². The number of amides is 2. The zero-order valence-electron chi connectivity index (χ0n) is 22.6. The van der Waals surface area contributed by atoms with E-state index in [1.54, 1.807) is 42.5 Å². The van der Waals surface area contributed by atoms with Gasteiger partial charge >= 0.3 is 0 Å². The van der Waals surface area contributed by atoms with Gasteiger partial charge < -0.3 is 14.8 Å². The summed E-state index contributed by atoms with van der Waals surface area (Å²) in [5.74, 6) is -0.104. The third-order valence-electron chi connectivity index (χ3n) is 6.22. The second kappa shape index (κ2) is 13.7. The summed E-state index contributed by atoms with van der Waals surface area (Å²) in [7, 11) is 0. The van der Waals surface area contributed by atoms with Gasteiger partial charge in [0.25, 0.3) is 11.8 Å². The van der Waals surface area contributed by atoms with Crippen LogP contribution in [0.3, 0.4) is 0 Å². The Morgan fingerprint density at radius 2 is 1.84 bits per heavy atom. The van der Waals surface area contributed by atoms with Crippen molar-refractivity contribution in [1.29, 1.82) is 0 Å². The van der Waals surface area contributed by atoms with E-state index in [9.17, 15) is 14.0 Å². The second-order valence-electron chi connectivity index (χ2n) is 9.17. The molecule has 0 atom stereocenters. The van der Waals surface area contributed by atoms with Crippen LogP contribution in [-0.2, 0) is 11.4 Å². The number of benzene rings is 4. The molecule has 0 spiro atoms. The molecule has 5 rings (SSSR count). The highest BCUT2D eigenvalue weighted by molar-refractivity contribution is 9.10. The van der Waals surface area contributed by atoms with Gasteiger partial charge in [0.1, 0.15) is 12.4 Å². The van der Waals surface area contributed by atoms with Crippen molar-refractivity contribution in [3.8, 4) is 11.5 Å². The van der Waals surface area contributed by atoms with Crippen LogP contribution >= 0.6 is 51.5 Å². The number of carbonyl (C=O) groups is 2. The van der Waals surface area contributed by atoms with Gasteiger partial charge in [-0.25, -0.2) is 4.39 Å². The minimum Gasteiger partial charge on any atom is -0.490 e. The van der Waals surface area contributed by atoms with Crippen molar-refractivity contribution in [3.05, 3.63) is 122 Å². The van der Waals surface area contributed by atoms with Gasteiger partial charge in [0.05, 0.1) is 21.7 Å². The first-order chi connectivity index (χ1) is 20.7. The molecule has 0 aliphatic carbocycles. The number of anilines is 2. The molecule has 0 saturated carbocycles. The Morgan fingerprint density at radius 3 is 2.58 bits per heavy atom. The predicted molar refractivity (Wildman–Crippen MR) is 178 cm³/mol. The molecule has 1 aliphatic rings. The number of halogens is 3. The molecule has 1 saturated heterocycles. The predicted octanol–water partition coefficient (Wildman–Crippen LogP) is 8.88. The van der Waals surface area contributed by atoms with Crippen LogP contribution in [0.2, 0.25) is 5.02 Å². The smallest absolute Gasteiger partial charge is 0.270 e. The molecular weight excluding hydrogens is 675 g/mol. The molecule has 1 N–H and O–H groups in total. The Balaban J connectivity index is 1.36. The van der Waals surface area contributed by atoms with Crippen molar-refractivity contribution in [2.45, 2.75) is 13.5 Å². The monoisotopic (exact) mass is 696 g/mol. The van der Waals surface area contributed by atoms with Crippen LogP contribution in [0.4, 0.5) is 15.8 Å². The maximum absolute atomic E-state index is 13.5. The van der Waals surface area contributed by atoms with Gasteiger partial charge in [0.2, 0.25) is 0 Å². The number of thioether (sulfide) groups is 1. The second-order valence-corrected chi connectivity index (χ2v) is 12.1. The molecule has 0 radical (unpaired) electrons. The normalized spacial score (nSPS) is 13.9. The molecule has 11 heteroatoms. The van der Waals surface area contributed by atoms with Gasteiger partial charge in [0.15, 0.2) is 15.8 Å². The first kappa shape index (κ1) is 30.7. The molecule has 4 aromatic rings. The SMILES string of the molecule is CCOc1cc(/C=C2/SC(=S)N(c3cccc(C(=O)Nc4ccc(F)cc4)c3)C2=O)cc(Br)c1OCc1ccccc1Cl. The number of ether oxygens (including phenoxy) is 2. The molecule has 1 heterocycles. The quantitative estimate of drug-likeness (QED) is 0.139. The van der Waals surface area contributed by atoms with Crippen molar-refractivity contribution >= 4 is 85.1 Å². The summed E-state index contributed by atoms with van der Waals surface area (Å²) in [5, 5.41) is 3.33. The summed E-state index contributed by atoms with van der Waals surface area (Å²) >= 11 is 16.6. The van der Waals surface area contributed by atoms with Crippen molar-refractivity contribution < 1.29 is 23.5 Å². The average Bonchev–Trinajstić information content (AvgIpc) is 3.26. The molecular formula is C32H23BrClFN2O4S2. The molecule has 0 unspecified atom stereocenters.